The van der Waals surface area contributed by atoms with Crippen molar-refractivity contribution < 1.29 is 9.53 Å². The monoisotopic (exact) mass is 411 g/mol. The summed E-state index contributed by atoms with van der Waals surface area (Å²) in [5, 5.41) is 3.07. The molecule has 2 aliphatic heterocycles. The first kappa shape index (κ1) is 20.4. The van der Waals surface area contributed by atoms with Crippen LogP contribution >= 0.6 is 11.8 Å². The number of morpholine rings is 1. The normalized spacial score (nSPS) is 18.5. The lowest BCUT2D eigenvalue weighted by molar-refractivity contribution is 0.0342. The second-order valence-corrected chi connectivity index (χ2v) is 8.86. The molecular weight excluding hydrogens is 382 g/mol. The van der Waals surface area contributed by atoms with Crippen LogP contribution in [-0.4, -0.2) is 66.6 Å². The summed E-state index contributed by atoms with van der Waals surface area (Å²) in [6.45, 7) is 7.53. The molecule has 0 saturated carbocycles. The number of hydrogen-bond donors (Lipinski definition) is 1. The van der Waals surface area contributed by atoms with Crippen LogP contribution in [0.5, 0.6) is 0 Å². The van der Waals surface area contributed by atoms with E-state index in [2.05, 4.69) is 33.3 Å². The average Bonchev–Trinajstić information content (AvgIpc) is 2.76. The highest BCUT2D eigenvalue weighted by Crippen LogP contribution is 2.17. The Labute approximate surface area is 177 Å². The van der Waals surface area contributed by atoms with Crippen molar-refractivity contribution >= 4 is 23.4 Å². The molecule has 5 nitrogen and oxygen atoms in total. The van der Waals surface area contributed by atoms with E-state index < -0.39 is 0 Å². The number of hydrogen-bond acceptors (Lipinski definition) is 5. The van der Waals surface area contributed by atoms with E-state index in [9.17, 15) is 4.79 Å². The molecule has 2 aromatic rings. The second-order valence-electron chi connectivity index (χ2n) is 7.63. The standard InChI is InChI=1S/C23H29N3O2S/c27-23(21-5-1-3-19(15-21)17-25-7-11-28-12-8-25)24-22-6-2-4-20(16-22)18-26-9-13-29-14-10-26/h1-6,15-16H,7-14,17-18H2,(H,24,27). The smallest absolute Gasteiger partial charge is 0.255 e. The number of nitrogens with zero attached hydrogens (tertiary/aromatic N) is 2. The Morgan fingerprint density at radius 2 is 1.55 bits per heavy atom. The third-order valence-corrected chi connectivity index (χ3v) is 6.34. The van der Waals surface area contributed by atoms with Gasteiger partial charge in [0, 0.05) is 62.0 Å². The molecule has 4 rings (SSSR count). The summed E-state index contributed by atoms with van der Waals surface area (Å²) >= 11 is 2.02. The summed E-state index contributed by atoms with van der Waals surface area (Å²) in [6, 6.07) is 16.2. The first-order valence-corrected chi connectivity index (χ1v) is 11.5. The van der Waals surface area contributed by atoms with Gasteiger partial charge in [0.1, 0.15) is 0 Å². The third-order valence-electron chi connectivity index (χ3n) is 5.39. The molecule has 2 fully saturated rings. The van der Waals surface area contributed by atoms with Gasteiger partial charge in [-0.2, -0.15) is 11.8 Å². The second kappa shape index (κ2) is 10.3. The molecule has 0 bridgehead atoms. The van der Waals surface area contributed by atoms with Gasteiger partial charge in [0.2, 0.25) is 0 Å². The highest BCUT2D eigenvalue weighted by molar-refractivity contribution is 7.99. The van der Waals surface area contributed by atoms with Crippen LogP contribution < -0.4 is 5.32 Å². The molecule has 0 atom stereocenters. The van der Waals surface area contributed by atoms with E-state index in [-0.39, 0.29) is 5.91 Å². The molecule has 2 heterocycles. The largest absolute Gasteiger partial charge is 0.379 e. The average molecular weight is 412 g/mol. The van der Waals surface area contributed by atoms with Gasteiger partial charge in [0.25, 0.3) is 5.91 Å². The van der Waals surface area contributed by atoms with Crippen LogP contribution in [0.15, 0.2) is 48.5 Å². The molecule has 6 heteroatoms. The predicted molar refractivity (Wildman–Crippen MR) is 120 cm³/mol. The lowest BCUT2D eigenvalue weighted by Crippen LogP contribution is -2.35. The van der Waals surface area contributed by atoms with Gasteiger partial charge in [0.15, 0.2) is 0 Å². The van der Waals surface area contributed by atoms with Crippen molar-refractivity contribution in [1.29, 1.82) is 0 Å². The Morgan fingerprint density at radius 3 is 2.31 bits per heavy atom. The first-order chi connectivity index (χ1) is 14.3. The quantitative estimate of drug-likeness (QED) is 0.790. The fraction of sp³-hybridized carbons (Fsp3) is 0.435. The number of anilines is 1. The summed E-state index contributed by atoms with van der Waals surface area (Å²) in [5.41, 5.74) is 3.97. The minimum Gasteiger partial charge on any atom is -0.379 e. The highest BCUT2D eigenvalue weighted by atomic mass is 32.2. The van der Waals surface area contributed by atoms with Crippen LogP contribution in [0, 0.1) is 0 Å². The van der Waals surface area contributed by atoms with Crippen LogP contribution in [0.25, 0.3) is 0 Å². The summed E-state index contributed by atoms with van der Waals surface area (Å²) in [5.74, 6) is 2.36. The molecule has 0 aromatic heterocycles. The zero-order chi connectivity index (χ0) is 19.9. The number of carbonyl (C=O) groups excluding carboxylic acids is 1. The molecule has 29 heavy (non-hydrogen) atoms. The van der Waals surface area contributed by atoms with Gasteiger partial charge in [-0.25, -0.2) is 0 Å². The highest BCUT2D eigenvalue weighted by Gasteiger charge is 2.14. The Hall–Kier alpha value is -1.86. The van der Waals surface area contributed by atoms with Crippen molar-refractivity contribution in [3.8, 4) is 0 Å². The van der Waals surface area contributed by atoms with Gasteiger partial charge in [-0.3, -0.25) is 14.6 Å². The van der Waals surface area contributed by atoms with Gasteiger partial charge in [-0.05, 0) is 35.4 Å². The molecule has 0 unspecified atom stereocenters. The third kappa shape index (κ3) is 6.06. The van der Waals surface area contributed by atoms with E-state index in [1.165, 1.54) is 17.1 Å². The van der Waals surface area contributed by atoms with Crippen molar-refractivity contribution in [2.45, 2.75) is 13.1 Å². The van der Waals surface area contributed by atoms with Gasteiger partial charge in [-0.15, -0.1) is 0 Å². The molecule has 2 aromatic carbocycles. The van der Waals surface area contributed by atoms with Crippen LogP contribution in [0.3, 0.4) is 0 Å². The Bertz CT molecular complexity index is 817. The maximum Gasteiger partial charge on any atom is 0.255 e. The van der Waals surface area contributed by atoms with Gasteiger partial charge in [0.05, 0.1) is 13.2 Å². The number of carbonyl (C=O) groups is 1. The number of benzene rings is 2. The van der Waals surface area contributed by atoms with Gasteiger partial charge in [-0.1, -0.05) is 24.3 Å². The Morgan fingerprint density at radius 1 is 0.897 bits per heavy atom. The lowest BCUT2D eigenvalue weighted by Gasteiger charge is -2.26. The fourth-order valence-corrected chi connectivity index (χ4v) is 4.78. The maximum absolute atomic E-state index is 12.8. The Kier molecular flexibility index (Phi) is 7.22. The van der Waals surface area contributed by atoms with E-state index in [0.717, 1.165) is 63.7 Å². The van der Waals surface area contributed by atoms with Gasteiger partial charge >= 0.3 is 0 Å². The molecule has 1 N–H and O–H groups in total. The van der Waals surface area contributed by atoms with Crippen molar-refractivity contribution in [1.82, 2.24) is 9.80 Å². The summed E-state index contributed by atoms with van der Waals surface area (Å²) in [6.07, 6.45) is 0. The SMILES string of the molecule is O=C(Nc1cccc(CN2CCSCC2)c1)c1cccc(CN2CCOCC2)c1. The van der Waals surface area contributed by atoms with Crippen molar-refractivity contribution in [2.75, 3.05) is 56.2 Å². The van der Waals surface area contributed by atoms with E-state index in [1.54, 1.807) is 0 Å². The lowest BCUT2D eigenvalue weighted by atomic mass is 10.1. The number of rotatable bonds is 6. The number of ether oxygens (including phenoxy) is 1. The number of nitrogens with one attached hydrogen (secondary N) is 1. The summed E-state index contributed by atoms with van der Waals surface area (Å²) in [4.78, 5) is 17.6. The summed E-state index contributed by atoms with van der Waals surface area (Å²) in [7, 11) is 0. The number of amides is 1. The Balaban J connectivity index is 1.37. The molecule has 2 aliphatic rings. The van der Waals surface area contributed by atoms with Gasteiger partial charge < -0.3 is 10.1 Å². The van der Waals surface area contributed by atoms with E-state index >= 15 is 0 Å². The zero-order valence-electron chi connectivity index (χ0n) is 16.8. The zero-order valence-corrected chi connectivity index (χ0v) is 17.6. The maximum atomic E-state index is 12.8. The minimum atomic E-state index is -0.0552. The van der Waals surface area contributed by atoms with Crippen LogP contribution in [0.4, 0.5) is 5.69 Å². The van der Waals surface area contributed by atoms with E-state index in [4.69, 9.17) is 4.74 Å². The molecule has 0 aliphatic carbocycles. The summed E-state index contributed by atoms with van der Waals surface area (Å²) < 4.78 is 5.41. The molecular formula is C23H29N3O2S. The predicted octanol–water partition coefficient (Wildman–Crippen LogP) is 3.32. The van der Waals surface area contributed by atoms with E-state index in [0.29, 0.717) is 5.56 Å². The molecule has 0 radical (unpaired) electrons. The van der Waals surface area contributed by atoms with Crippen molar-refractivity contribution in [3.63, 3.8) is 0 Å². The van der Waals surface area contributed by atoms with Crippen molar-refractivity contribution in [2.24, 2.45) is 0 Å². The molecule has 1 amide bonds. The minimum absolute atomic E-state index is 0.0552. The molecule has 0 spiro atoms. The van der Waals surface area contributed by atoms with Crippen LogP contribution in [0.1, 0.15) is 21.5 Å². The number of thioether (sulfide) groups is 1. The van der Waals surface area contributed by atoms with Crippen LogP contribution in [-0.2, 0) is 17.8 Å². The fourth-order valence-electron chi connectivity index (χ4n) is 3.80. The topological polar surface area (TPSA) is 44.8 Å². The first-order valence-electron chi connectivity index (χ1n) is 10.4. The van der Waals surface area contributed by atoms with Crippen molar-refractivity contribution in [3.05, 3.63) is 65.2 Å². The van der Waals surface area contributed by atoms with E-state index in [1.807, 2.05) is 42.1 Å². The van der Waals surface area contributed by atoms with Crippen LogP contribution in [0.2, 0.25) is 0 Å². The molecule has 2 saturated heterocycles. The molecule has 154 valence electrons.